The minimum Gasteiger partial charge on any atom is -0.391 e. The number of carbonyl (C=O) groups is 1. The summed E-state index contributed by atoms with van der Waals surface area (Å²) < 4.78 is 1.86. The summed E-state index contributed by atoms with van der Waals surface area (Å²) in [5, 5.41) is 13.6. The Balaban J connectivity index is 2.11. The predicted octanol–water partition coefficient (Wildman–Crippen LogP) is 3.15. The number of aliphatic hydroxyl groups is 1. The maximum absolute atomic E-state index is 12.4. The molecule has 5 heteroatoms. The lowest BCUT2D eigenvalue weighted by molar-refractivity contribution is 0.0809. The van der Waals surface area contributed by atoms with Crippen LogP contribution in [0.4, 0.5) is 0 Å². The van der Waals surface area contributed by atoms with Crippen molar-refractivity contribution in [3.05, 3.63) is 23.0 Å². The molecule has 0 radical (unpaired) electrons. The third-order valence-electron chi connectivity index (χ3n) is 3.90. The van der Waals surface area contributed by atoms with E-state index in [-0.39, 0.29) is 18.0 Å². The first-order chi connectivity index (χ1) is 9.49. The van der Waals surface area contributed by atoms with E-state index < -0.39 is 6.10 Å². The second-order valence-electron chi connectivity index (χ2n) is 5.83. The van der Waals surface area contributed by atoms with E-state index in [4.69, 9.17) is 11.6 Å². The number of nitrogens with one attached hydrogen (secondary N) is 1. The molecule has 1 aromatic rings. The Kier molecular flexibility index (Phi) is 5.11. The van der Waals surface area contributed by atoms with Crippen molar-refractivity contribution in [1.82, 2.24) is 9.88 Å². The molecule has 1 amide bonds. The van der Waals surface area contributed by atoms with E-state index in [2.05, 4.69) is 5.32 Å². The normalized spacial score (nSPS) is 23.6. The summed E-state index contributed by atoms with van der Waals surface area (Å²) in [6, 6.07) is 1.70. The van der Waals surface area contributed by atoms with Gasteiger partial charge < -0.3 is 15.0 Å². The molecule has 1 aromatic heterocycles. The van der Waals surface area contributed by atoms with E-state index in [0.29, 0.717) is 10.7 Å². The molecule has 1 saturated carbocycles. The van der Waals surface area contributed by atoms with Crippen molar-refractivity contribution in [1.29, 1.82) is 0 Å². The Labute approximate surface area is 125 Å². The van der Waals surface area contributed by atoms with Crippen molar-refractivity contribution >= 4 is 17.5 Å². The first-order valence-electron chi connectivity index (χ1n) is 7.35. The number of rotatable bonds is 3. The van der Waals surface area contributed by atoms with Crippen LogP contribution in [0.5, 0.6) is 0 Å². The van der Waals surface area contributed by atoms with Gasteiger partial charge in [0.15, 0.2) is 0 Å². The summed E-state index contributed by atoms with van der Waals surface area (Å²) in [7, 11) is 0. The molecule has 1 heterocycles. The highest BCUT2D eigenvalue weighted by Crippen LogP contribution is 2.21. The summed E-state index contributed by atoms with van der Waals surface area (Å²) in [4.78, 5) is 12.4. The zero-order valence-electron chi connectivity index (χ0n) is 12.1. The maximum atomic E-state index is 12.4. The largest absolute Gasteiger partial charge is 0.391 e. The molecule has 2 unspecified atom stereocenters. The molecule has 2 rings (SSSR count). The fraction of sp³-hybridized carbons (Fsp3) is 0.667. The summed E-state index contributed by atoms with van der Waals surface area (Å²) in [6.45, 7) is 4.02. The Morgan fingerprint density at radius 1 is 1.40 bits per heavy atom. The number of aliphatic hydroxyl groups excluding tert-OH is 1. The van der Waals surface area contributed by atoms with Gasteiger partial charge in [0.25, 0.3) is 5.91 Å². The number of hydrogen-bond acceptors (Lipinski definition) is 2. The quantitative estimate of drug-likeness (QED) is 0.842. The van der Waals surface area contributed by atoms with Crippen molar-refractivity contribution in [3.8, 4) is 0 Å². The van der Waals surface area contributed by atoms with Gasteiger partial charge in [0, 0.05) is 12.2 Å². The molecule has 1 aliphatic rings. The maximum Gasteiger partial charge on any atom is 0.268 e. The van der Waals surface area contributed by atoms with Crippen molar-refractivity contribution in [2.24, 2.45) is 0 Å². The van der Waals surface area contributed by atoms with Crippen LogP contribution in [0, 0.1) is 0 Å². The van der Waals surface area contributed by atoms with E-state index in [1.807, 2.05) is 18.4 Å². The average Bonchev–Trinajstić information content (AvgIpc) is 2.68. The Morgan fingerprint density at radius 3 is 2.80 bits per heavy atom. The minimum atomic E-state index is -0.445. The lowest BCUT2D eigenvalue weighted by Crippen LogP contribution is -2.43. The van der Waals surface area contributed by atoms with Gasteiger partial charge in [-0.25, -0.2) is 0 Å². The van der Waals surface area contributed by atoms with Crippen LogP contribution in [0.2, 0.25) is 5.02 Å². The first kappa shape index (κ1) is 15.4. The van der Waals surface area contributed by atoms with Gasteiger partial charge in [0.1, 0.15) is 5.69 Å². The van der Waals surface area contributed by atoms with E-state index >= 15 is 0 Å². The first-order valence-corrected chi connectivity index (χ1v) is 7.73. The van der Waals surface area contributed by atoms with Crippen LogP contribution in [0.15, 0.2) is 12.3 Å². The molecule has 0 saturated heterocycles. The molecular weight excluding hydrogens is 276 g/mol. The highest BCUT2D eigenvalue weighted by atomic mass is 35.5. The molecule has 2 N–H and O–H groups in total. The number of hydrogen-bond donors (Lipinski definition) is 2. The molecule has 2 atom stereocenters. The summed E-state index contributed by atoms with van der Waals surface area (Å²) >= 11 is 6.00. The molecule has 1 aliphatic carbocycles. The summed E-state index contributed by atoms with van der Waals surface area (Å²) in [6.07, 6.45) is 6.12. The van der Waals surface area contributed by atoms with Gasteiger partial charge in [0.2, 0.25) is 0 Å². The Morgan fingerprint density at radius 2 is 2.10 bits per heavy atom. The molecule has 20 heavy (non-hydrogen) atoms. The molecule has 4 nitrogen and oxygen atoms in total. The highest BCUT2D eigenvalue weighted by Gasteiger charge is 2.25. The van der Waals surface area contributed by atoms with Crippen molar-refractivity contribution in [2.45, 2.75) is 64.1 Å². The number of carbonyl (C=O) groups excluding carboxylic acids is 1. The Bertz CT molecular complexity index is 470. The van der Waals surface area contributed by atoms with Crippen LogP contribution in [-0.2, 0) is 0 Å². The topological polar surface area (TPSA) is 54.3 Å². The van der Waals surface area contributed by atoms with Gasteiger partial charge in [-0.3, -0.25) is 4.79 Å². The van der Waals surface area contributed by atoms with E-state index in [1.165, 1.54) is 0 Å². The van der Waals surface area contributed by atoms with E-state index in [1.54, 1.807) is 12.3 Å². The summed E-state index contributed by atoms with van der Waals surface area (Å²) in [5.41, 5.74) is 0.557. The van der Waals surface area contributed by atoms with E-state index in [0.717, 1.165) is 32.1 Å². The number of aromatic nitrogens is 1. The van der Waals surface area contributed by atoms with Crippen molar-refractivity contribution in [2.75, 3.05) is 0 Å². The fourth-order valence-corrected chi connectivity index (χ4v) is 2.96. The lowest BCUT2D eigenvalue weighted by Gasteiger charge is -2.22. The van der Waals surface area contributed by atoms with Crippen LogP contribution in [0.25, 0.3) is 0 Å². The SMILES string of the molecule is CC(C)n1cc(Cl)cc1C(=O)NC1CCCCCC1O. The zero-order valence-corrected chi connectivity index (χ0v) is 12.9. The molecule has 112 valence electrons. The van der Waals surface area contributed by atoms with Crippen LogP contribution >= 0.6 is 11.6 Å². The Hall–Kier alpha value is -1.00. The van der Waals surface area contributed by atoms with Crippen LogP contribution in [0.1, 0.15) is 62.5 Å². The van der Waals surface area contributed by atoms with Gasteiger partial charge in [-0.1, -0.05) is 30.9 Å². The van der Waals surface area contributed by atoms with Crippen molar-refractivity contribution in [3.63, 3.8) is 0 Å². The second kappa shape index (κ2) is 6.64. The van der Waals surface area contributed by atoms with E-state index in [9.17, 15) is 9.90 Å². The third-order valence-corrected chi connectivity index (χ3v) is 4.11. The fourth-order valence-electron chi connectivity index (χ4n) is 2.75. The average molecular weight is 299 g/mol. The monoisotopic (exact) mass is 298 g/mol. The van der Waals surface area contributed by atoms with Gasteiger partial charge >= 0.3 is 0 Å². The predicted molar refractivity (Wildman–Crippen MR) is 80.2 cm³/mol. The van der Waals surface area contributed by atoms with Crippen LogP contribution in [0.3, 0.4) is 0 Å². The molecule has 0 spiro atoms. The zero-order chi connectivity index (χ0) is 14.7. The van der Waals surface area contributed by atoms with Gasteiger partial charge in [-0.15, -0.1) is 0 Å². The second-order valence-corrected chi connectivity index (χ2v) is 6.27. The van der Waals surface area contributed by atoms with Crippen LogP contribution < -0.4 is 5.32 Å². The van der Waals surface area contributed by atoms with Gasteiger partial charge in [-0.2, -0.15) is 0 Å². The number of halogens is 1. The molecule has 0 bridgehead atoms. The summed E-state index contributed by atoms with van der Waals surface area (Å²) in [5.74, 6) is -0.156. The minimum absolute atomic E-state index is 0.153. The van der Waals surface area contributed by atoms with Crippen LogP contribution in [-0.4, -0.2) is 27.7 Å². The van der Waals surface area contributed by atoms with Gasteiger partial charge in [-0.05, 0) is 32.8 Å². The third kappa shape index (κ3) is 3.55. The molecule has 0 aliphatic heterocycles. The highest BCUT2D eigenvalue weighted by molar-refractivity contribution is 6.31. The molecule has 0 aromatic carbocycles. The van der Waals surface area contributed by atoms with Crippen molar-refractivity contribution < 1.29 is 9.90 Å². The number of amides is 1. The van der Waals surface area contributed by atoms with Gasteiger partial charge in [0.05, 0.1) is 17.2 Å². The molecular formula is C15H23ClN2O2. The lowest BCUT2D eigenvalue weighted by atomic mass is 10.1. The molecule has 1 fully saturated rings. The smallest absolute Gasteiger partial charge is 0.268 e. The standard InChI is InChI=1S/C15H23ClN2O2/c1-10(2)18-9-11(16)8-13(18)15(20)17-12-6-4-3-5-7-14(12)19/h8-10,12,14,19H,3-7H2,1-2H3,(H,17,20). The number of nitrogens with zero attached hydrogens (tertiary/aromatic N) is 1.